The fraction of sp³-hybridized carbons (Fsp3) is 0.227. The molecule has 0 radical (unpaired) electrons. The fourth-order valence-corrected chi connectivity index (χ4v) is 2.64. The maximum Gasteiger partial charge on any atom is 0.161 e. The summed E-state index contributed by atoms with van der Waals surface area (Å²) in [5.41, 5.74) is 1.07. The number of hydrogen-bond donors (Lipinski definition) is 1. The minimum atomic E-state index is 0.389. The number of benzene rings is 2. The zero-order valence-corrected chi connectivity index (χ0v) is 16.1. The van der Waals surface area contributed by atoms with Crippen LogP contribution >= 0.6 is 0 Å². The predicted molar refractivity (Wildman–Crippen MR) is 109 cm³/mol. The van der Waals surface area contributed by atoms with E-state index in [4.69, 9.17) is 18.9 Å². The van der Waals surface area contributed by atoms with Crippen molar-refractivity contribution in [3.8, 4) is 23.0 Å². The molecule has 1 aromatic heterocycles. The van der Waals surface area contributed by atoms with Crippen molar-refractivity contribution in [1.29, 1.82) is 0 Å². The number of aromatic nitrogens is 1. The Bertz CT molecular complexity index is 871. The van der Waals surface area contributed by atoms with E-state index in [1.165, 1.54) is 0 Å². The van der Waals surface area contributed by atoms with Crippen LogP contribution in [0.25, 0.3) is 0 Å². The Morgan fingerprint density at radius 3 is 2.11 bits per heavy atom. The van der Waals surface area contributed by atoms with E-state index in [1.807, 2.05) is 60.7 Å². The van der Waals surface area contributed by atoms with Gasteiger partial charge in [-0.1, -0.05) is 24.3 Å². The molecule has 0 saturated carbocycles. The van der Waals surface area contributed by atoms with Crippen molar-refractivity contribution < 1.29 is 18.9 Å². The van der Waals surface area contributed by atoms with Crippen LogP contribution in [0, 0.1) is 0 Å². The van der Waals surface area contributed by atoms with Crippen molar-refractivity contribution in [1.82, 2.24) is 4.98 Å². The van der Waals surface area contributed by atoms with Crippen molar-refractivity contribution >= 4 is 5.82 Å². The van der Waals surface area contributed by atoms with Gasteiger partial charge in [-0.2, -0.15) is 0 Å². The smallest absolute Gasteiger partial charge is 0.161 e. The summed E-state index contributed by atoms with van der Waals surface area (Å²) in [6, 6.07) is 19.1. The zero-order valence-electron chi connectivity index (χ0n) is 16.1. The molecule has 0 saturated heterocycles. The molecule has 0 spiro atoms. The molecular formula is C22H24N2O4. The van der Waals surface area contributed by atoms with Gasteiger partial charge in [-0.3, -0.25) is 0 Å². The van der Waals surface area contributed by atoms with Gasteiger partial charge in [-0.25, -0.2) is 4.98 Å². The fourth-order valence-electron chi connectivity index (χ4n) is 2.64. The maximum atomic E-state index is 5.82. The van der Waals surface area contributed by atoms with E-state index in [0.717, 1.165) is 11.4 Å². The van der Waals surface area contributed by atoms with E-state index in [1.54, 1.807) is 20.4 Å². The van der Waals surface area contributed by atoms with Gasteiger partial charge in [0, 0.05) is 12.7 Å². The first-order valence-corrected chi connectivity index (χ1v) is 9.00. The quantitative estimate of drug-likeness (QED) is 0.533. The molecule has 28 heavy (non-hydrogen) atoms. The van der Waals surface area contributed by atoms with Crippen LogP contribution in [-0.4, -0.2) is 32.4 Å². The van der Waals surface area contributed by atoms with Crippen LogP contribution in [0.1, 0.15) is 5.56 Å². The van der Waals surface area contributed by atoms with E-state index in [9.17, 15) is 0 Å². The van der Waals surface area contributed by atoms with E-state index < -0.39 is 0 Å². The highest BCUT2D eigenvalue weighted by atomic mass is 16.5. The molecule has 0 atom stereocenters. The lowest BCUT2D eigenvalue weighted by Gasteiger charge is -2.14. The highest BCUT2D eigenvalue weighted by Crippen LogP contribution is 2.29. The summed E-state index contributed by atoms with van der Waals surface area (Å²) in [7, 11) is 3.25. The molecule has 2 aromatic carbocycles. The Labute approximate surface area is 165 Å². The molecule has 0 aliphatic heterocycles. The van der Waals surface area contributed by atoms with Crippen LogP contribution in [0.15, 0.2) is 66.9 Å². The first-order valence-electron chi connectivity index (χ1n) is 9.00. The standard InChI is InChI=1S/C22H24N2O4/c1-25-18-7-3-4-8-19(18)27-13-14-28-20-11-10-17(15-21(20)26-2)16-24-22-9-5-6-12-23-22/h3-12,15H,13-14,16H2,1-2H3,(H,23,24). The normalized spacial score (nSPS) is 10.2. The largest absolute Gasteiger partial charge is 0.493 e. The van der Waals surface area contributed by atoms with E-state index in [2.05, 4.69) is 10.3 Å². The number of pyridine rings is 1. The SMILES string of the molecule is COc1ccccc1OCCOc1ccc(CNc2ccccn2)cc1OC. The molecule has 0 aliphatic rings. The molecule has 1 N–H and O–H groups in total. The van der Waals surface area contributed by atoms with Gasteiger partial charge < -0.3 is 24.3 Å². The second-order valence-corrected chi connectivity index (χ2v) is 5.90. The number of nitrogens with one attached hydrogen (secondary N) is 1. The van der Waals surface area contributed by atoms with Crippen molar-refractivity contribution in [3.63, 3.8) is 0 Å². The summed E-state index contributed by atoms with van der Waals surface area (Å²) in [6.07, 6.45) is 1.76. The topological polar surface area (TPSA) is 61.8 Å². The zero-order chi connectivity index (χ0) is 19.6. The van der Waals surface area contributed by atoms with Gasteiger partial charge in [0.2, 0.25) is 0 Å². The van der Waals surface area contributed by atoms with Crippen LogP contribution in [0.5, 0.6) is 23.0 Å². The number of ether oxygens (including phenoxy) is 4. The van der Waals surface area contributed by atoms with Gasteiger partial charge in [0.15, 0.2) is 23.0 Å². The average molecular weight is 380 g/mol. The lowest BCUT2D eigenvalue weighted by molar-refractivity contribution is 0.206. The van der Waals surface area contributed by atoms with Crippen molar-refractivity contribution in [2.45, 2.75) is 6.54 Å². The highest BCUT2D eigenvalue weighted by molar-refractivity contribution is 5.44. The molecule has 6 nitrogen and oxygen atoms in total. The second kappa shape index (κ2) is 10.1. The molecule has 3 rings (SSSR count). The Kier molecular flexibility index (Phi) is 6.95. The minimum absolute atomic E-state index is 0.389. The first-order chi connectivity index (χ1) is 13.8. The summed E-state index contributed by atoms with van der Waals surface area (Å²) >= 11 is 0. The van der Waals surface area contributed by atoms with Crippen LogP contribution < -0.4 is 24.3 Å². The van der Waals surface area contributed by atoms with Gasteiger partial charge in [-0.15, -0.1) is 0 Å². The number of rotatable bonds is 10. The van der Waals surface area contributed by atoms with Crippen LogP contribution in [0.2, 0.25) is 0 Å². The Balaban J connectivity index is 1.52. The monoisotopic (exact) mass is 380 g/mol. The van der Waals surface area contributed by atoms with Crippen molar-refractivity contribution in [2.24, 2.45) is 0 Å². The molecule has 0 fully saturated rings. The Morgan fingerprint density at radius 2 is 1.43 bits per heavy atom. The molecule has 6 heteroatoms. The summed E-state index contributed by atoms with van der Waals surface area (Å²) in [6.45, 7) is 1.43. The number of anilines is 1. The summed E-state index contributed by atoms with van der Waals surface area (Å²) in [5.74, 6) is 3.57. The van der Waals surface area contributed by atoms with E-state index >= 15 is 0 Å². The molecule has 0 bridgehead atoms. The molecule has 0 amide bonds. The summed E-state index contributed by atoms with van der Waals surface area (Å²) < 4.78 is 22.3. The second-order valence-electron chi connectivity index (χ2n) is 5.90. The molecule has 3 aromatic rings. The minimum Gasteiger partial charge on any atom is -0.493 e. The lowest BCUT2D eigenvalue weighted by Crippen LogP contribution is -2.10. The third-order valence-corrected chi connectivity index (χ3v) is 4.03. The van der Waals surface area contributed by atoms with Crippen LogP contribution in [0.3, 0.4) is 0 Å². The molecule has 0 aliphatic carbocycles. The van der Waals surface area contributed by atoms with Gasteiger partial charge in [0.1, 0.15) is 19.0 Å². The Morgan fingerprint density at radius 1 is 0.750 bits per heavy atom. The maximum absolute atomic E-state index is 5.82. The van der Waals surface area contributed by atoms with Crippen molar-refractivity contribution in [3.05, 3.63) is 72.4 Å². The summed E-state index contributed by atoms with van der Waals surface area (Å²) in [4.78, 5) is 4.25. The van der Waals surface area contributed by atoms with E-state index in [0.29, 0.717) is 42.8 Å². The number of nitrogens with zero attached hydrogens (tertiary/aromatic N) is 1. The van der Waals surface area contributed by atoms with Gasteiger partial charge in [0.05, 0.1) is 14.2 Å². The van der Waals surface area contributed by atoms with Gasteiger partial charge in [0.25, 0.3) is 0 Å². The van der Waals surface area contributed by atoms with Gasteiger partial charge >= 0.3 is 0 Å². The third-order valence-electron chi connectivity index (χ3n) is 4.03. The van der Waals surface area contributed by atoms with E-state index in [-0.39, 0.29) is 0 Å². The highest BCUT2D eigenvalue weighted by Gasteiger charge is 2.07. The number of hydrogen-bond acceptors (Lipinski definition) is 6. The Hall–Kier alpha value is -3.41. The lowest BCUT2D eigenvalue weighted by atomic mass is 10.2. The van der Waals surface area contributed by atoms with Gasteiger partial charge in [-0.05, 0) is 42.0 Å². The van der Waals surface area contributed by atoms with Crippen molar-refractivity contribution in [2.75, 3.05) is 32.8 Å². The molecule has 146 valence electrons. The number of methoxy groups -OCH3 is 2. The first kappa shape index (κ1) is 19.4. The third kappa shape index (κ3) is 5.30. The summed E-state index contributed by atoms with van der Waals surface area (Å²) in [5, 5.41) is 3.27. The molecule has 0 unspecified atom stereocenters. The van der Waals surface area contributed by atoms with Crippen LogP contribution in [0.4, 0.5) is 5.82 Å². The number of para-hydroxylation sites is 2. The predicted octanol–water partition coefficient (Wildman–Crippen LogP) is 4.17. The van der Waals surface area contributed by atoms with Crippen LogP contribution in [-0.2, 0) is 6.54 Å². The average Bonchev–Trinajstić information content (AvgIpc) is 2.76. The molecule has 1 heterocycles. The molecular weight excluding hydrogens is 356 g/mol.